The third-order valence-electron chi connectivity index (χ3n) is 5.13. The molecule has 2 amide bonds. The zero-order valence-corrected chi connectivity index (χ0v) is 17.1. The molecule has 8 heteroatoms. The van der Waals surface area contributed by atoms with Crippen molar-refractivity contribution in [1.82, 2.24) is 9.88 Å². The molecule has 0 atom stereocenters. The molecule has 0 radical (unpaired) electrons. The predicted octanol–water partition coefficient (Wildman–Crippen LogP) is 3.65. The van der Waals surface area contributed by atoms with E-state index in [1.54, 1.807) is 22.4 Å². The quantitative estimate of drug-likeness (QED) is 0.611. The van der Waals surface area contributed by atoms with Gasteiger partial charge in [0.05, 0.1) is 18.4 Å². The van der Waals surface area contributed by atoms with Crippen LogP contribution in [0.3, 0.4) is 0 Å². The van der Waals surface area contributed by atoms with Crippen LogP contribution < -0.4 is 5.32 Å². The number of carbonyl (C=O) groups excluding carboxylic acids is 3. The number of hydrogen-bond acceptors (Lipinski definition) is 6. The van der Waals surface area contributed by atoms with E-state index in [1.165, 1.54) is 17.6 Å². The van der Waals surface area contributed by atoms with Crippen molar-refractivity contribution in [3.63, 3.8) is 0 Å². The molecule has 1 aliphatic rings. The topological polar surface area (TPSA) is 92.5 Å². The van der Waals surface area contributed by atoms with E-state index in [0.717, 1.165) is 5.56 Å². The molecule has 0 saturated carbocycles. The number of carbonyl (C=O) groups is 3. The van der Waals surface area contributed by atoms with E-state index in [1.807, 2.05) is 30.3 Å². The number of aromatic nitrogens is 1. The van der Waals surface area contributed by atoms with Gasteiger partial charge in [-0.2, -0.15) is 0 Å². The molecule has 0 aliphatic carbocycles. The Bertz CT molecular complexity index is 1020. The van der Waals surface area contributed by atoms with E-state index in [9.17, 15) is 14.4 Å². The van der Waals surface area contributed by atoms with Crippen LogP contribution in [0.25, 0.3) is 0 Å². The summed E-state index contributed by atoms with van der Waals surface area (Å²) in [6.45, 7) is 1.13. The molecule has 3 aromatic rings. The molecule has 0 unspecified atom stereocenters. The van der Waals surface area contributed by atoms with Gasteiger partial charge < -0.3 is 9.32 Å². The maximum absolute atomic E-state index is 12.6. The van der Waals surface area contributed by atoms with Crippen LogP contribution >= 0.6 is 11.3 Å². The fourth-order valence-corrected chi connectivity index (χ4v) is 4.21. The lowest BCUT2D eigenvalue weighted by Crippen LogP contribution is -2.41. The van der Waals surface area contributed by atoms with E-state index in [2.05, 4.69) is 10.3 Å². The highest BCUT2D eigenvalue weighted by Gasteiger charge is 2.28. The highest BCUT2D eigenvalue weighted by Crippen LogP contribution is 2.23. The Morgan fingerprint density at radius 2 is 1.87 bits per heavy atom. The fraction of sp³-hybridized carbons (Fsp3) is 0.273. The predicted molar refractivity (Wildman–Crippen MR) is 113 cm³/mol. The number of benzene rings is 1. The van der Waals surface area contributed by atoms with Crippen molar-refractivity contribution in [2.24, 2.45) is 5.92 Å². The van der Waals surface area contributed by atoms with Crippen molar-refractivity contribution in [3.8, 4) is 0 Å². The van der Waals surface area contributed by atoms with Crippen LogP contribution in [0, 0.1) is 5.92 Å². The molecule has 1 saturated heterocycles. The van der Waals surface area contributed by atoms with E-state index in [4.69, 9.17) is 4.42 Å². The molecule has 1 aliphatic heterocycles. The second-order valence-corrected chi connectivity index (χ2v) is 8.00. The molecule has 2 aromatic heterocycles. The van der Waals surface area contributed by atoms with Crippen molar-refractivity contribution in [2.75, 3.05) is 18.4 Å². The number of rotatable bonds is 6. The summed E-state index contributed by atoms with van der Waals surface area (Å²) in [4.78, 5) is 43.3. The number of Topliss-reactive ketones (excluding diaryl/α,β-unsaturated/α-hetero) is 1. The average Bonchev–Trinajstić information content (AvgIpc) is 3.46. The Hall–Kier alpha value is -3.26. The van der Waals surface area contributed by atoms with Crippen LogP contribution in [-0.2, 0) is 11.2 Å². The first-order chi connectivity index (χ1) is 14.6. The molecular formula is C22H21N3O4S. The molecule has 30 heavy (non-hydrogen) atoms. The maximum atomic E-state index is 12.6. The molecule has 1 N–H and O–H groups in total. The Balaban J connectivity index is 1.27. The monoisotopic (exact) mass is 423 g/mol. The summed E-state index contributed by atoms with van der Waals surface area (Å²) < 4.78 is 5.05. The lowest BCUT2D eigenvalue weighted by molar-refractivity contribution is -0.131. The van der Waals surface area contributed by atoms with Gasteiger partial charge >= 0.3 is 0 Å². The first-order valence-corrected chi connectivity index (χ1v) is 10.6. The summed E-state index contributed by atoms with van der Waals surface area (Å²) in [7, 11) is 0. The number of piperidine rings is 1. The summed E-state index contributed by atoms with van der Waals surface area (Å²) >= 11 is 1.27. The summed E-state index contributed by atoms with van der Waals surface area (Å²) in [5.41, 5.74) is 1.34. The van der Waals surface area contributed by atoms with Crippen LogP contribution in [0.15, 0.2) is 58.5 Å². The zero-order valence-electron chi connectivity index (χ0n) is 16.2. The summed E-state index contributed by atoms with van der Waals surface area (Å²) in [5.74, 6) is -0.0822. The van der Waals surface area contributed by atoms with E-state index >= 15 is 0 Å². The van der Waals surface area contributed by atoms with Gasteiger partial charge in [0.25, 0.3) is 5.91 Å². The van der Waals surface area contributed by atoms with Crippen molar-refractivity contribution >= 4 is 34.1 Å². The fourth-order valence-electron chi connectivity index (χ4n) is 3.51. The number of furan rings is 1. The van der Waals surface area contributed by atoms with Gasteiger partial charge in [0, 0.05) is 30.0 Å². The Kier molecular flexibility index (Phi) is 6.04. The molecule has 0 spiro atoms. The molecule has 154 valence electrons. The van der Waals surface area contributed by atoms with Crippen LogP contribution in [0.4, 0.5) is 5.13 Å². The third kappa shape index (κ3) is 4.65. The lowest BCUT2D eigenvalue weighted by atomic mass is 9.89. The van der Waals surface area contributed by atoms with Crippen LogP contribution in [0.2, 0.25) is 0 Å². The maximum Gasteiger partial charge on any atom is 0.293 e. The number of likely N-dealkylation sites (tertiary alicyclic amines) is 1. The number of anilines is 1. The number of ketones is 1. The minimum Gasteiger partial charge on any atom is -0.459 e. The largest absolute Gasteiger partial charge is 0.459 e. The Labute approximate surface area is 177 Å². The van der Waals surface area contributed by atoms with E-state index in [-0.39, 0.29) is 35.7 Å². The molecule has 4 rings (SSSR count). The molecule has 1 fully saturated rings. The average molecular weight is 423 g/mol. The summed E-state index contributed by atoms with van der Waals surface area (Å²) in [5, 5.41) is 4.85. The van der Waals surface area contributed by atoms with Crippen molar-refractivity contribution in [1.29, 1.82) is 0 Å². The van der Waals surface area contributed by atoms with Gasteiger partial charge in [0.1, 0.15) is 0 Å². The van der Waals surface area contributed by atoms with Crippen molar-refractivity contribution < 1.29 is 18.8 Å². The molecule has 7 nitrogen and oxygen atoms in total. The van der Waals surface area contributed by atoms with Gasteiger partial charge in [-0.05, 0) is 25.0 Å². The van der Waals surface area contributed by atoms with E-state index in [0.29, 0.717) is 36.8 Å². The van der Waals surface area contributed by atoms with Crippen LogP contribution in [-0.4, -0.2) is 40.6 Å². The molecular weight excluding hydrogens is 402 g/mol. The minimum absolute atomic E-state index is 0.0187. The summed E-state index contributed by atoms with van der Waals surface area (Å²) in [6.07, 6.45) is 2.93. The van der Waals surface area contributed by atoms with Gasteiger partial charge in [-0.15, -0.1) is 11.3 Å². The molecule has 1 aromatic carbocycles. The Morgan fingerprint density at radius 1 is 1.10 bits per heavy atom. The molecule has 3 heterocycles. The number of hydrogen-bond donors (Lipinski definition) is 1. The first-order valence-electron chi connectivity index (χ1n) is 9.76. The van der Waals surface area contributed by atoms with Crippen LogP contribution in [0.1, 0.15) is 39.4 Å². The summed E-state index contributed by atoms with van der Waals surface area (Å²) in [6, 6.07) is 12.5. The zero-order chi connectivity index (χ0) is 20.9. The van der Waals surface area contributed by atoms with Gasteiger partial charge in [0.15, 0.2) is 16.7 Å². The van der Waals surface area contributed by atoms with Gasteiger partial charge in [0.2, 0.25) is 5.91 Å². The normalized spacial score (nSPS) is 14.5. The van der Waals surface area contributed by atoms with Crippen LogP contribution in [0.5, 0.6) is 0 Å². The lowest BCUT2D eigenvalue weighted by Gasteiger charge is -2.31. The highest BCUT2D eigenvalue weighted by molar-refractivity contribution is 7.14. The standard InChI is InChI=1S/C22H21N3O4S/c26-19(13-17-14-30-22(23-17)24-21(28)18-7-4-12-29-18)25-10-8-16(9-11-25)20(27)15-5-2-1-3-6-15/h1-7,12,14,16H,8-11,13H2,(H,23,24,28). The van der Waals surface area contributed by atoms with Crippen molar-refractivity contribution in [2.45, 2.75) is 19.3 Å². The number of nitrogens with zero attached hydrogens (tertiary/aromatic N) is 2. The third-order valence-corrected chi connectivity index (χ3v) is 5.93. The van der Waals surface area contributed by atoms with Gasteiger partial charge in [-0.25, -0.2) is 4.98 Å². The van der Waals surface area contributed by atoms with Crippen molar-refractivity contribution in [3.05, 3.63) is 71.1 Å². The minimum atomic E-state index is -0.377. The second kappa shape index (κ2) is 9.04. The number of thiazole rings is 1. The first kappa shape index (κ1) is 20.0. The number of amides is 2. The van der Waals surface area contributed by atoms with Gasteiger partial charge in [-0.1, -0.05) is 30.3 Å². The molecule has 0 bridgehead atoms. The smallest absolute Gasteiger partial charge is 0.293 e. The second-order valence-electron chi connectivity index (χ2n) is 7.14. The highest BCUT2D eigenvalue weighted by atomic mass is 32.1. The van der Waals surface area contributed by atoms with Gasteiger partial charge in [-0.3, -0.25) is 19.7 Å². The number of nitrogens with one attached hydrogen (secondary N) is 1. The SMILES string of the molecule is O=C(Nc1nc(CC(=O)N2CCC(C(=O)c3ccccc3)CC2)cs1)c1ccco1. The van der Waals surface area contributed by atoms with E-state index < -0.39 is 0 Å². The Morgan fingerprint density at radius 3 is 2.57 bits per heavy atom.